The molecule has 0 bridgehead atoms. The Bertz CT molecular complexity index is 1130. The molecule has 2 aliphatic heterocycles. The van der Waals surface area contributed by atoms with Crippen LogP contribution < -0.4 is 14.8 Å². The molecule has 4 heterocycles. The quantitative estimate of drug-likeness (QED) is 0.482. The normalized spacial score (nSPS) is 14.3. The zero-order valence-electron chi connectivity index (χ0n) is 13.3. The van der Waals surface area contributed by atoms with Crippen LogP contribution in [0.15, 0.2) is 41.3 Å². The Labute approximate surface area is 161 Å². The lowest BCUT2D eigenvalue weighted by Gasteiger charge is -2.13. The van der Waals surface area contributed by atoms with Gasteiger partial charge in [0.15, 0.2) is 21.8 Å². The maximum atomic E-state index is 5.45. The van der Waals surface area contributed by atoms with Crippen molar-refractivity contribution in [1.29, 1.82) is 0 Å². The molecule has 0 amide bonds. The summed E-state index contributed by atoms with van der Waals surface area (Å²) < 4.78 is 11.9. The van der Waals surface area contributed by atoms with Crippen LogP contribution in [0.5, 0.6) is 11.5 Å². The molecule has 2 aromatic carbocycles. The van der Waals surface area contributed by atoms with E-state index in [-0.39, 0.29) is 6.79 Å². The summed E-state index contributed by atoms with van der Waals surface area (Å²) >= 11 is 5.16. The number of nitrogens with one attached hydrogen (secondary N) is 1. The molecule has 8 heteroatoms. The Morgan fingerprint density at radius 1 is 0.962 bits per heavy atom. The molecule has 0 unspecified atom stereocenters. The van der Waals surface area contributed by atoms with E-state index in [1.54, 1.807) is 22.7 Å². The van der Waals surface area contributed by atoms with Gasteiger partial charge in [-0.15, -0.1) is 23.1 Å². The Balaban J connectivity index is 1.36. The molecule has 0 saturated heterocycles. The topological polar surface area (TPSA) is 56.3 Å². The molecule has 0 spiro atoms. The fraction of sp³-hybridized carbons (Fsp3) is 0.111. The van der Waals surface area contributed by atoms with Gasteiger partial charge in [0, 0.05) is 33.2 Å². The minimum atomic E-state index is 0.280. The zero-order valence-corrected chi connectivity index (χ0v) is 15.8. The van der Waals surface area contributed by atoms with Gasteiger partial charge in [-0.05, 0) is 6.07 Å². The highest BCUT2D eigenvalue weighted by Crippen LogP contribution is 2.45. The number of thioether (sulfide) groups is 1. The summed E-state index contributed by atoms with van der Waals surface area (Å²) in [5.41, 5.74) is 3.22. The van der Waals surface area contributed by atoms with Gasteiger partial charge >= 0.3 is 0 Å². The Hall–Kier alpha value is -2.29. The molecule has 2 aromatic heterocycles. The fourth-order valence-electron chi connectivity index (χ4n) is 3.11. The van der Waals surface area contributed by atoms with Gasteiger partial charge in [-0.2, -0.15) is 0 Å². The average molecular weight is 398 g/mol. The van der Waals surface area contributed by atoms with Crippen molar-refractivity contribution in [2.75, 3.05) is 12.1 Å². The first-order valence-electron chi connectivity index (χ1n) is 8.02. The molecule has 0 radical (unpaired) electrons. The lowest BCUT2D eigenvalue weighted by molar-refractivity contribution is 0.174. The molecule has 5 nitrogen and oxygen atoms in total. The first-order valence-corrected chi connectivity index (χ1v) is 10.6. The molecule has 0 atom stereocenters. The van der Waals surface area contributed by atoms with Crippen molar-refractivity contribution in [3.05, 3.63) is 41.3 Å². The lowest BCUT2D eigenvalue weighted by atomic mass is 10.1. The van der Waals surface area contributed by atoms with Crippen LogP contribution in [-0.2, 0) is 5.75 Å². The first kappa shape index (κ1) is 14.8. The van der Waals surface area contributed by atoms with Crippen LogP contribution in [0.2, 0.25) is 0 Å². The zero-order chi connectivity index (χ0) is 17.1. The molecule has 4 aromatic rings. The summed E-state index contributed by atoms with van der Waals surface area (Å²) in [5, 5.41) is 5.09. The number of anilines is 2. The maximum Gasteiger partial charge on any atom is 0.231 e. The van der Waals surface area contributed by atoms with Crippen molar-refractivity contribution in [1.82, 2.24) is 9.97 Å². The maximum absolute atomic E-state index is 5.45. The smallest absolute Gasteiger partial charge is 0.231 e. The second-order valence-electron chi connectivity index (χ2n) is 5.89. The molecule has 0 saturated carbocycles. The molecule has 6 rings (SSSR count). The van der Waals surface area contributed by atoms with Crippen LogP contribution in [0.25, 0.3) is 21.5 Å². The lowest BCUT2D eigenvalue weighted by Crippen LogP contribution is -1.93. The monoisotopic (exact) mass is 397 g/mol. The number of hydrogen-bond donors (Lipinski definition) is 1. The van der Waals surface area contributed by atoms with Gasteiger partial charge in [0.25, 0.3) is 0 Å². The van der Waals surface area contributed by atoms with Gasteiger partial charge in [0.1, 0.15) is 0 Å². The number of benzene rings is 2. The van der Waals surface area contributed by atoms with Crippen LogP contribution in [0, 0.1) is 0 Å². The number of thiazole rings is 2. The fourth-order valence-corrected chi connectivity index (χ4v) is 6.15. The molecule has 128 valence electrons. The van der Waals surface area contributed by atoms with Gasteiger partial charge in [0.05, 0.1) is 15.9 Å². The summed E-state index contributed by atoms with van der Waals surface area (Å²) in [4.78, 5) is 12.1. The standard InChI is InChI=1S/C18H11N3O2S3/c1-2-4-13-9(3-1)16-15(7-24-13)26-18(20-16)21-17-19-10-5-11-12(23-8-22-11)6-14(10)25-17/h1-6H,7-8H2,(H,19,20,21). The van der Waals surface area contributed by atoms with E-state index < -0.39 is 0 Å². The van der Waals surface area contributed by atoms with Crippen LogP contribution in [0.3, 0.4) is 0 Å². The minimum Gasteiger partial charge on any atom is -0.454 e. The largest absolute Gasteiger partial charge is 0.454 e. The van der Waals surface area contributed by atoms with Gasteiger partial charge in [-0.3, -0.25) is 0 Å². The second-order valence-corrected chi connectivity index (χ2v) is 9.02. The number of ether oxygens (including phenoxy) is 2. The van der Waals surface area contributed by atoms with Crippen molar-refractivity contribution >= 4 is 54.9 Å². The number of rotatable bonds is 2. The van der Waals surface area contributed by atoms with Crippen molar-refractivity contribution in [3.8, 4) is 22.8 Å². The summed E-state index contributed by atoms with van der Waals surface area (Å²) in [6.07, 6.45) is 0. The Morgan fingerprint density at radius 2 is 1.81 bits per heavy atom. The van der Waals surface area contributed by atoms with E-state index in [1.807, 2.05) is 23.9 Å². The summed E-state index contributed by atoms with van der Waals surface area (Å²) in [5.74, 6) is 2.51. The number of nitrogens with zero attached hydrogens (tertiary/aromatic N) is 2. The van der Waals surface area contributed by atoms with E-state index in [9.17, 15) is 0 Å². The summed E-state index contributed by atoms with van der Waals surface area (Å²) in [6, 6.07) is 12.4. The number of aromatic nitrogens is 2. The van der Waals surface area contributed by atoms with E-state index in [0.29, 0.717) is 0 Å². The van der Waals surface area contributed by atoms with Crippen molar-refractivity contribution in [2.24, 2.45) is 0 Å². The average Bonchev–Trinajstić information content (AvgIpc) is 3.36. The predicted octanol–water partition coefficient (Wildman–Crippen LogP) is 5.50. The van der Waals surface area contributed by atoms with E-state index in [1.165, 1.54) is 15.3 Å². The highest BCUT2D eigenvalue weighted by atomic mass is 32.2. The van der Waals surface area contributed by atoms with Crippen LogP contribution in [0.1, 0.15) is 4.88 Å². The first-order chi connectivity index (χ1) is 12.8. The predicted molar refractivity (Wildman–Crippen MR) is 106 cm³/mol. The van der Waals surface area contributed by atoms with Crippen molar-refractivity contribution in [3.63, 3.8) is 0 Å². The number of hydrogen-bond acceptors (Lipinski definition) is 8. The third-order valence-corrected chi connectivity index (χ3v) is 7.48. The van der Waals surface area contributed by atoms with E-state index >= 15 is 0 Å². The summed E-state index contributed by atoms with van der Waals surface area (Å²) in [6.45, 7) is 0.280. The Kier molecular flexibility index (Phi) is 3.20. The van der Waals surface area contributed by atoms with Gasteiger partial charge in [-0.25, -0.2) is 9.97 Å². The van der Waals surface area contributed by atoms with Crippen molar-refractivity contribution in [2.45, 2.75) is 10.6 Å². The SMILES string of the molecule is c1ccc2c(c1)SCc1sc(Nc3nc4cc5c(cc4s3)OCO5)nc1-2. The molecule has 1 N–H and O–H groups in total. The van der Waals surface area contributed by atoms with Crippen LogP contribution in [-0.4, -0.2) is 16.8 Å². The highest BCUT2D eigenvalue weighted by molar-refractivity contribution is 7.98. The summed E-state index contributed by atoms with van der Waals surface area (Å²) in [7, 11) is 0. The molecule has 0 aliphatic carbocycles. The third kappa shape index (κ3) is 2.29. The van der Waals surface area contributed by atoms with Gasteiger partial charge in [0.2, 0.25) is 6.79 Å². The van der Waals surface area contributed by atoms with Gasteiger partial charge < -0.3 is 14.8 Å². The molecular weight excluding hydrogens is 386 g/mol. The van der Waals surface area contributed by atoms with Crippen LogP contribution >= 0.6 is 34.4 Å². The number of fused-ring (bicyclic) bond motifs is 5. The highest BCUT2D eigenvalue weighted by Gasteiger charge is 2.22. The van der Waals surface area contributed by atoms with Crippen molar-refractivity contribution < 1.29 is 9.47 Å². The molecule has 0 fully saturated rings. The Morgan fingerprint density at radius 3 is 2.77 bits per heavy atom. The van der Waals surface area contributed by atoms with E-state index in [4.69, 9.17) is 14.5 Å². The van der Waals surface area contributed by atoms with E-state index in [0.717, 1.165) is 43.4 Å². The second kappa shape index (κ2) is 5.60. The minimum absolute atomic E-state index is 0.280. The molecule has 2 aliphatic rings. The van der Waals surface area contributed by atoms with Crippen LogP contribution in [0.4, 0.5) is 10.3 Å². The molecular formula is C18H11N3O2S3. The molecule has 26 heavy (non-hydrogen) atoms. The van der Waals surface area contributed by atoms with Gasteiger partial charge in [-0.1, -0.05) is 29.5 Å². The van der Waals surface area contributed by atoms with E-state index in [2.05, 4.69) is 34.6 Å². The third-order valence-electron chi connectivity index (χ3n) is 4.29.